The van der Waals surface area contributed by atoms with Crippen LogP contribution in [0.2, 0.25) is 0 Å². The van der Waals surface area contributed by atoms with Crippen molar-refractivity contribution < 1.29 is 0 Å². The molecule has 0 aromatic heterocycles. The highest BCUT2D eigenvalue weighted by Crippen LogP contribution is 2.34. The summed E-state index contributed by atoms with van der Waals surface area (Å²) in [6.07, 6.45) is 18.4. The second-order valence-electron chi connectivity index (χ2n) is 5.60. The van der Waals surface area contributed by atoms with Crippen molar-refractivity contribution in [3.05, 3.63) is 0 Å². The molecule has 2 saturated carbocycles. The zero-order chi connectivity index (χ0) is 9.64. The molecule has 0 aliphatic heterocycles. The summed E-state index contributed by atoms with van der Waals surface area (Å²) in [5.74, 6) is 2.22. The lowest BCUT2D eigenvalue weighted by atomic mass is 9.81. The molecule has 2 aliphatic rings. The summed E-state index contributed by atoms with van der Waals surface area (Å²) in [5, 5.41) is 0. The maximum absolute atomic E-state index is 1.58. The van der Waals surface area contributed by atoms with E-state index >= 15 is 0 Å². The van der Waals surface area contributed by atoms with Gasteiger partial charge in [-0.25, -0.2) is 0 Å². The van der Waals surface area contributed by atoms with Crippen molar-refractivity contribution in [2.45, 2.75) is 77.0 Å². The zero-order valence-corrected chi connectivity index (χ0v) is 9.64. The molecule has 2 fully saturated rings. The molecule has 0 radical (unpaired) electrons. The Morgan fingerprint density at radius 3 is 1.21 bits per heavy atom. The molecule has 0 spiro atoms. The Morgan fingerprint density at radius 1 is 0.429 bits per heavy atom. The van der Waals surface area contributed by atoms with Gasteiger partial charge in [0.25, 0.3) is 0 Å². The Morgan fingerprint density at radius 2 is 0.786 bits per heavy atom. The van der Waals surface area contributed by atoms with Crippen LogP contribution in [-0.4, -0.2) is 0 Å². The molecule has 14 heavy (non-hydrogen) atoms. The van der Waals surface area contributed by atoms with E-state index in [0.29, 0.717) is 0 Å². The number of hydrogen-bond donors (Lipinski definition) is 0. The van der Waals surface area contributed by atoms with E-state index in [2.05, 4.69) is 0 Å². The maximum Gasteiger partial charge on any atom is -0.0412 e. The highest BCUT2D eigenvalue weighted by molar-refractivity contribution is 4.72. The first-order valence-electron chi connectivity index (χ1n) is 6.95. The van der Waals surface area contributed by atoms with Crippen molar-refractivity contribution in [2.75, 3.05) is 0 Å². The largest absolute Gasteiger partial charge is 0.0533 e. The van der Waals surface area contributed by atoms with E-state index in [0.717, 1.165) is 11.8 Å². The average Bonchev–Trinajstić information content (AvgIpc) is 2.26. The second kappa shape index (κ2) is 5.78. The monoisotopic (exact) mass is 194 g/mol. The second-order valence-corrected chi connectivity index (χ2v) is 5.60. The van der Waals surface area contributed by atoms with Gasteiger partial charge in [0, 0.05) is 0 Å². The van der Waals surface area contributed by atoms with E-state index in [1.807, 2.05) is 0 Å². The van der Waals surface area contributed by atoms with E-state index in [4.69, 9.17) is 0 Å². The van der Waals surface area contributed by atoms with Gasteiger partial charge >= 0.3 is 0 Å². The van der Waals surface area contributed by atoms with Crippen LogP contribution in [-0.2, 0) is 0 Å². The van der Waals surface area contributed by atoms with Gasteiger partial charge in [-0.2, -0.15) is 0 Å². The van der Waals surface area contributed by atoms with E-state index in [-0.39, 0.29) is 0 Å². The molecular weight excluding hydrogens is 168 g/mol. The number of hydrogen-bond acceptors (Lipinski definition) is 0. The third-order valence-corrected chi connectivity index (χ3v) is 4.37. The molecule has 82 valence electrons. The molecule has 0 N–H and O–H groups in total. The Bertz CT molecular complexity index is 134. The third-order valence-electron chi connectivity index (χ3n) is 4.37. The van der Waals surface area contributed by atoms with Gasteiger partial charge in [-0.3, -0.25) is 0 Å². The van der Waals surface area contributed by atoms with Crippen molar-refractivity contribution in [1.29, 1.82) is 0 Å². The first-order chi connectivity index (χ1) is 6.95. The van der Waals surface area contributed by atoms with Crippen molar-refractivity contribution in [1.82, 2.24) is 0 Å². The molecule has 2 atom stereocenters. The average molecular weight is 194 g/mol. The van der Waals surface area contributed by atoms with Gasteiger partial charge in [-0.15, -0.1) is 0 Å². The number of rotatable bonds is 0. The topological polar surface area (TPSA) is 0 Å². The van der Waals surface area contributed by atoms with Crippen LogP contribution in [0.3, 0.4) is 0 Å². The van der Waals surface area contributed by atoms with E-state index in [1.54, 1.807) is 32.1 Å². The van der Waals surface area contributed by atoms with Gasteiger partial charge in [0.15, 0.2) is 0 Å². The molecule has 2 rings (SSSR count). The van der Waals surface area contributed by atoms with Gasteiger partial charge in [0.05, 0.1) is 0 Å². The van der Waals surface area contributed by atoms with Crippen LogP contribution < -0.4 is 0 Å². The Labute approximate surface area is 89.5 Å². The van der Waals surface area contributed by atoms with Gasteiger partial charge in [-0.1, -0.05) is 70.6 Å². The van der Waals surface area contributed by atoms with Gasteiger partial charge in [0.2, 0.25) is 0 Å². The molecule has 0 heteroatoms. The molecule has 0 saturated heterocycles. The van der Waals surface area contributed by atoms with Crippen LogP contribution in [0.4, 0.5) is 0 Å². The summed E-state index contributed by atoms with van der Waals surface area (Å²) in [7, 11) is 0. The van der Waals surface area contributed by atoms with Crippen molar-refractivity contribution in [2.24, 2.45) is 11.8 Å². The minimum absolute atomic E-state index is 1.11. The molecule has 0 nitrogen and oxygen atoms in total. The summed E-state index contributed by atoms with van der Waals surface area (Å²) < 4.78 is 0. The summed E-state index contributed by atoms with van der Waals surface area (Å²) >= 11 is 0. The van der Waals surface area contributed by atoms with Crippen LogP contribution >= 0.6 is 0 Å². The van der Waals surface area contributed by atoms with Gasteiger partial charge in [0.1, 0.15) is 0 Å². The van der Waals surface area contributed by atoms with Crippen LogP contribution in [0.15, 0.2) is 0 Å². The first-order valence-corrected chi connectivity index (χ1v) is 6.95. The van der Waals surface area contributed by atoms with Crippen molar-refractivity contribution in [3.63, 3.8) is 0 Å². The molecule has 0 heterocycles. The fourth-order valence-electron chi connectivity index (χ4n) is 3.49. The predicted octanol–water partition coefficient (Wildman–Crippen LogP) is 4.93. The van der Waals surface area contributed by atoms with Crippen LogP contribution in [0, 0.1) is 11.8 Å². The minimum atomic E-state index is 1.11. The summed E-state index contributed by atoms with van der Waals surface area (Å²) in [6, 6.07) is 0. The first kappa shape index (κ1) is 10.5. The smallest absolute Gasteiger partial charge is 0.0412 e. The van der Waals surface area contributed by atoms with E-state index in [1.165, 1.54) is 44.9 Å². The van der Waals surface area contributed by atoms with Crippen LogP contribution in [0.5, 0.6) is 0 Å². The van der Waals surface area contributed by atoms with E-state index in [9.17, 15) is 0 Å². The highest BCUT2D eigenvalue weighted by atomic mass is 14.2. The predicted molar refractivity (Wildman–Crippen MR) is 62.4 cm³/mol. The lowest BCUT2D eigenvalue weighted by molar-refractivity contribution is 0.275. The standard InChI is InChI=1S/C14H26/c1-2-5-9-14-11-7-3-6-10-13(12-14)8-4-1/h13-14H,1-12H2. The third kappa shape index (κ3) is 3.29. The summed E-state index contributed by atoms with van der Waals surface area (Å²) in [6.45, 7) is 0. The summed E-state index contributed by atoms with van der Waals surface area (Å²) in [5.41, 5.74) is 0. The van der Waals surface area contributed by atoms with Gasteiger partial charge in [-0.05, 0) is 18.3 Å². The lowest BCUT2D eigenvalue weighted by Gasteiger charge is -2.25. The van der Waals surface area contributed by atoms with Crippen molar-refractivity contribution >= 4 is 0 Å². The Kier molecular flexibility index (Phi) is 4.34. The fourth-order valence-corrected chi connectivity index (χ4v) is 3.49. The number of fused-ring (bicyclic) bond motifs is 2. The van der Waals surface area contributed by atoms with Crippen molar-refractivity contribution in [3.8, 4) is 0 Å². The molecule has 2 unspecified atom stereocenters. The molecular formula is C14H26. The molecule has 0 aromatic rings. The molecule has 0 aromatic carbocycles. The highest BCUT2D eigenvalue weighted by Gasteiger charge is 2.19. The minimum Gasteiger partial charge on any atom is -0.0533 e. The van der Waals surface area contributed by atoms with Gasteiger partial charge < -0.3 is 0 Å². The zero-order valence-electron chi connectivity index (χ0n) is 9.64. The Balaban J connectivity index is 1.90. The maximum atomic E-state index is 1.58. The summed E-state index contributed by atoms with van der Waals surface area (Å²) in [4.78, 5) is 0. The molecule has 2 aliphatic carbocycles. The quantitative estimate of drug-likeness (QED) is 0.513. The molecule has 0 amide bonds. The van der Waals surface area contributed by atoms with Crippen LogP contribution in [0.1, 0.15) is 77.0 Å². The normalized spacial score (nSPS) is 36.0. The Hall–Kier alpha value is 0. The lowest BCUT2D eigenvalue weighted by Crippen LogP contribution is -2.11. The fraction of sp³-hybridized carbons (Fsp3) is 1.00. The SMILES string of the molecule is C1CCCC2CCCCCC(CC1)C2. The molecule has 2 bridgehead atoms. The van der Waals surface area contributed by atoms with Crippen LogP contribution in [0.25, 0.3) is 0 Å². The van der Waals surface area contributed by atoms with E-state index < -0.39 is 0 Å².